The number of aromatic nitrogens is 1. The minimum Gasteiger partial charge on any atom is -0.468 e. The van der Waals surface area contributed by atoms with E-state index < -0.39 is 11.5 Å². The van der Waals surface area contributed by atoms with Crippen LogP contribution in [0.3, 0.4) is 0 Å². The number of ether oxygens (including phenoxy) is 1. The van der Waals surface area contributed by atoms with Gasteiger partial charge in [-0.1, -0.05) is 12.2 Å². The Bertz CT molecular complexity index is 511. The Morgan fingerprint density at radius 3 is 2.79 bits per heavy atom. The van der Waals surface area contributed by atoms with E-state index in [1.165, 1.54) is 13.4 Å². The number of esters is 1. The van der Waals surface area contributed by atoms with E-state index in [0.717, 1.165) is 5.69 Å². The highest BCUT2D eigenvalue weighted by atomic mass is 16.5. The molecule has 1 heterocycles. The van der Waals surface area contributed by atoms with Crippen LogP contribution in [0.2, 0.25) is 0 Å². The molecule has 2 N–H and O–H groups in total. The Morgan fingerprint density at radius 2 is 2.26 bits per heavy atom. The number of carbonyl (C=O) groups excluding carboxylic acids is 1. The van der Waals surface area contributed by atoms with Gasteiger partial charge < -0.3 is 14.9 Å². The fourth-order valence-electron chi connectivity index (χ4n) is 1.64. The first-order chi connectivity index (χ1) is 8.88. The number of methoxy groups -OCH3 is 1. The van der Waals surface area contributed by atoms with Crippen molar-refractivity contribution in [1.29, 1.82) is 0 Å². The molecule has 1 aromatic rings. The van der Waals surface area contributed by atoms with Crippen LogP contribution in [0.25, 0.3) is 0 Å². The van der Waals surface area contributed by atoms with Gasteiger partial charge in [-0.15, -0.1) is 0 Å². The van der Waals surface area contributed by atoms with Crippen molar-refractivity contribution in [2.75, 3.05) is 7.11 Å². The molecule has 0 fully saturated rings. The van der Waals surface area contributed by atoms with Crippen molar-refractivity contribution in [3.8, 4) is 0 Å². The molecule has 0 bridgehead atoms. The van der Waals surface area contributed by atoms with Crippen molar-refractivity contribution < 1.29 is 13.9 Å². The Labute approximate surface area is 111 Å². The summed E-state index contributed by atoms with van der Waals surface area (Å²) in [6.45, 7) is 3.97. The van der Waals surface area contributed by atoms with Crippen molar-refractivity contribution in [2.24, 2.45) is 5.73 Å². The number of hydrogen-bond acceptors (Lipinski definition) is 5. The maximum Gasteiger partial charge on any atom is 0.419 e. The van der Waals surface area contributed by atoms with E-state index in [0.29, 0.717) is 19.4 Å². The molecule has 0 aliphatic rings. The molecule has 0 spiro atoms. The van der Waals surface area contributed by atoms with Crippen molar-refractivity contribution in [2.45, 2.75) is 38.8 Å². The Hall–Kier alpha value is -1.82. The molecule has 0 aliphatic heterocycles. The fourth-order valence-corrected chi connectivity index (χ4v) is 1.64. The van der Waals surface area contributed by atoms with Crippen molar-refractivity contribution in [3.05, 3.63) is 34.7 Å². The third kappa shape index (κ3) is 4.10. The predicted molar refractivity (Wildman–Crippen MR) is 70.7 cm³/mol. The van der Waals surface area contributed by atoms with Crippen LogP contribution in [0.15, 0.2) is 27.6 Å². The molecule has 0 amide bonds. The van der Waals surface area contributed by atoms with E-state index in [2.05, 4.69) is 4.74 Å². The second-order valence-electron chi connectivity index (χ2n) is 4.67. The van der Waals surface area contributed by atoms with Crippen LogP contribution in [0.1, 0.15) is 25.5 Å². The van der Waals surface area contributed by atoms with Crippen LogP contribution in [0.5, 0.6) is 0 Å². The molecular weight excluding hydrogens is 248 g/mol. The number of rotatable bonds is 6. The lowest BCUT2D eigenvalue weighted by Gasteiger charge is -2.19. The van der Waals surface area contributed by atoms with E-state index in [9.17, 15) is 9.59 Å². The third-order valence-corrected chi connectivity index (χ3v) is 2.86. The number of nitrogens with two attached hydrogens (primary N) is 1. The molecule has 6 nitrogen and oxygen atoms in total. The minimum absolute atomic E-state index is 0.357. The lowest BCUT2D eigenvalue weighted by molar-refractivity contribution is -0.146. The monoisotopic (exact) mass is 268 g/mol. The number of allylic oxidation sites excluding steroid dienone is 1. The summed E-state index contributed by atoms with van der Waals surface area (Å²) in [6.07, 6.45) is 6.18. The van der Waals surface area contributed by atoms with E-state index in [4.69, 9.17) is 10.2 Å². The van der Waals surface area contributed by atoms with E-state index in [1.807, 2.05) is 19.1 Å². The smallest absolute Gasteiger partial charge is 0.419 e. The van der Waals surface area contributed by atoms with Crippen molar-refractivity contribution in [3.63, 3.8) is 0 Å². The third-order valence-electron chi connectivity index (χ3n) is 2.86. The number of aryl methyl sites for hydroxylation is 1. The first-order valence-corrected chi connectivity index (χ1v) is 6.05. The van der Waals surface area contributed by atoms with Gasteiger partial charge in [-0.3, -0.25) is 9.36 Å². The second kappa shape index (κ2) is 6.38. The van der Waals surface area contributed by atoms with E-state index in [1.54, 1.807) is 11.5 Å². The Morgan fingerprint density at radius 1 is 1.58 bits per heavy atom. The highest BCUT2D eigenvalue weighted by molar-refractivity contribution is 5.80. The topological polar surface area (TPSA) is 87.5 Å². The zero-order valence-electron chi connectivity index (χ0n) is 11.5. The van der Waals surface area contributed by atoms with Gasteiger partial charge in [0.1, 0.15) is 11.8 Å². The molecule has 1 rings (SSSR count). The number of nitrogens with zero attached hydrogens (tertiary/aromatic N) is 1. The average molecular weight is 268 g/mol. The Balaban J connectivity index is 2.44. The highest BCUT2D eigenvalue weighted by Gasteiger charge is 2.27. The van der Waals surface area contributed by atoms with Gasteiger partial charge >= 0.3 is 11.7 Å². The number of oxazole rings is 1. The normalized spacial score (nSPS) is 14.5. The SMILES string of the molecule is COC(=O)C(C)(N)C/C=C/CCn1c(C)coc1=O. The lowest BCUT2D eigenvalue weighted by atomic mass is 9.99. The number of carbonyl (C=O) groups is 1. The summed E-state index contributed by atoms with van der Waals surface area (Å²) in [6, 6.07) is 0. The van der Waals surface area contributed by atoms with Crippen LogP contribution in [-0.4, -0.2) is 23.2 Å². The zero-order valence-corrected chi connectivity index (χ0v) is 11.5. The maximum atomic E-state index is 11.3. The lowest BCUT2D eigenvalue weighted by Crippen LogP contribution is -2.45. The molecule has 0 radical (unpaired) electrons. The fraction of sp³-hybridized carbons (Fsp3) is 0.538. The van der Waals surface area contributed by atoms with Crippen LogP contribution in [0.4, 0.5) is 0 Å². The van der Waals surface area contributed by atoms with Gasteiger partial charge in [-0.05, 0) is 26.7 Å². The summed E-state index contributed by atoms with van der Waals surface area (Å²) in [4.78, 5) is 22.6. The van der Waals surface area contributed by atoms with Gasteiger partial charge in [0.05, 0.1) is 12.8 Å². The van der Waals surface area contributed by atoms with Crippen LogP contribution >= 0.6 is 0 Å². The summed E-state index contributed by atoms with van der Waals surface area (Å²) in [5, 5.41) is 0. The van der Waals surface area contributed by atoms with Gasteiger partial charge in [0, 0.05) is 6.54 Å². The molecule has 106 valence electrons. The molecule has 0 aliphatic carbocycles. The van der Waals surface area contributed by atoms with Gasteiger partial charge in [-0.2, -0.15) is 0 Å². The zero-order chi connectivity index (χ0) is 14.5. The summed E-state index contributed by atoms with van der Waals surface area (Å²) < 4.78 is 10.9. The average Bonchev–Trinajstić information content (AvgIpc) is 2.68. The van der Waals surface area contributed by atoms with E-state index >= 15 is 0 Å². The van der Waals surface area contributed by atoms with Gasteiger partial charge in [0.2, 0.25) is 0 Å². The summed E-state index contributed by atoms with van der Waals surface area (Å²) in [5.41, 5.74) is 5.57. The summed E-state index contributed by atoms with van der Waals surface area (Å²) >= 11 is 0. The molecule has 19 heavy (non-hydrogen) atoms. The Kier molecular flexibility index (Phi) is 5.11. The van der Waals surface area contributed by atoms with Crippen molar-refractivity contribution in [1.82, 2.24) is 4.57 Å². The van der Waals surface area contributed by atoms with Crippen LogP contribution in [0, 0.1) is 6.92 Å². The molecule has 6 heteroatoms. The van der Waals surface area contributed by atoms with Gasteiger partial charge in [0.15, 0.2) is 0 Å². The van der Waals surface area contributed by atoms with Crippen LogP contribution < -0.4 is 11.5 Å². The molecule has 1 unspecified atom stereocenters. The van der Waals surface area contributed by atoms with Crippen molar-refractivity contribution >= 4 is 5.97 Å². The summed E-state index contributed by atoms with van der Waals surface area (Å²) in [5.74, 6) is -0.803. The molecular formula is C13H20N2O4. The second-order valence-corrected chi connectivity index (χ2v) is 4.67. The first kappa shape index (κ1) is 15.2. The largest absolute Gasteiger partial charge is 0.468 e. The molecule has 1 atom stereocenters. The number of hydrogen-bond donors (Lipinski definition) is 1. The van der Waals surface area contributed by atoms with Gasteiger partial charge in [-0.25, -0.2) is 4.79 Å². The molecule has 0 saturated carbocycles. The molecule has 0 aromatic carbocycles. The first-order valence-electron chi connectivity index (χ1n) is 6.05. The summed E-state index contributed by atoms with van der Waals surface area (Å²) in [7, 11) is 1.31. The standard InChI is InChI=1S/C13H20N2O4/c1-10-9-19-12(17)15(10)8-6-4-5-7-13(2,14)11(16)18-3/h4-5,9H,6-8,14H2,1-3H3/b5-4+. The quantitative estimate of drug-likeness (QED) is 0.613. The predicted octanol–water partition coefficient (Wildman–Crippen LogP) is 0.977. The molecule has 1 aromatic heterocycles. The highest BCUT2D eigenvalue weighted by Crippen LogP contribution is 2.09. The van der Waals surface area contributed by atoms with Gasteiger partial charge in [0.25, 0.3) is 0 Å². The molecule has 0 saturated heterocycles. The minimum atomic E-state index is -1.02. The van der Waals surface area contributed by atoms with Crippen LogP contribution in [-0.2, 0) is 16.1 Å². The van der Waals surface area contributed by atoms with E-state index in [-0.39, 0.29) is 5.76 Å². The maximum absolute atomic E-state index is 11.3.